The number of benzene rings is 1. The van der Waals surface area contributed by atoms with Gasteiger partial charge in [-0.3, -0.25) is 9.71 Å². The molecule has 0 radical (unpaired) electrons. The first-order chi connectivity index (χ1) is 9.51. The van der Waals surface area contributed by atoms with E-state index >= 15 is 0 Å². The molecule has 0 fully saturated rings. The van der Waals surface area contributed by atoms with Gasteiger partial charge >= 0.3 is 0 Å². The van der Waals surface area contributed by atoms with Gasteiger partial charge in [0.2, 0.25) is 0 Å². The van der Waals surface area contributed by atoms with E-state index in [1.165, 1.54) is 6.20 Å². The maximum atomic E-state index is 13.5. The highest BCUT2D eigenvalue weighted by Gasteiger charge is 2.12. The van der Waals surface area contributed by atoms with Crippen molar-refractivity contribution in [2.75, 3.05) is 4.72 Å². The zero-order chi connectivity index (χ0) is 14.7. The molecule has 102 valence electrons. The minimum Gasteiger partial charge on any atom is -0.299 e. The number of aryl methyl sites for hydroxylation is 1. The fourth-order valence-electron chi connectivity index (χ4n) is 1.50. The number of hydrogen-bond donors (Lipinski definition) is 1. The summed E-state index contributed by atoms with van der Waals surface area (Å²) >= 11 is 0. The zero-order valence-corrected chi connectivity index (χ0v) is 11.3. The molecule has 1 heterocycles. The highest BCUT2D eigenvalue weighted by Crippen LogP contribution is 2.19. The fraction of sp³-hybridized carbons (Fsp3) is 0.0714. The third-order valence-corrected chi connectivity index (χ3v) is 3.69. The quantitative estimate of drug-likeness (QED) is 0.884. The van der Waals surface area contributed by atoms with E-state index in [2.05, 4.69) is 15.6 Å². The molecule has 0 saturated heterocycles. The van der Waals surface area contributed by atoms with Gasteiger partial charge in [-0.2, -0.15) is 0 Å². The van der Waals surface area contributed by atoms with Gasteiger partial charge in [0, 0.05) is 17.8 Å². The van der Waals surface area contributed by atoms with E-state index in [-0.39, 0.29) is 4.90 Å². The molecule has 0 spiro atoms. The molecule has 1 N–H and O–H groups in total. The maximum absolute atomic E-state index is 13.5. The lowest BCUT2D eigenvalue weighted by atomic mass is 10.2. The Labute approximate surface area is 117 Å². The van der Waals surface area contributed by atoms with Crippen LogP contribution in [-0.2, 0) is 11.0 Å². The van der Waals surface area contributed by atoms with Crippen molar-refractivity contribution in [3.8, 4) is 12.3 Å². The van der Waals surface area contributed by atoms with Crippen molar-refractivity contribution in [2.45, 2.75) is 11.8 Å². The van der Waals surface area contributed by atoms with Crippen LogP contribution in [0.3, 0.4) is 0 Å². The summed E-state index contributed by atoms with van der Waals surface area (Å²) in [7, 11) is -1.88. The van der Waals surface area contributed by atoms with Crippen LogP contribution in [0.4, 0.5) is 14.5 Å². The van der Waals surface area contributed by atoms with Crippen LogP contribution < -0.4 is 4.72 Å². The molecule has 0 bridgehead atoms. The second-order valence-corrected chi connectivity index (χ2v) is 5.13. The van der Waals surface area contributed by atoms with Gasteiger partial charge in [-0.25, -0.2) is 13.0 Å². The minimum absolute atomic E-state index is 0.142. The number of terminal acetylenes is 1. The number of hydrogen-bond acceptors (Lipinski definition) is 2. The summed E-state index contributed by atoms with van der Waals surface area (Å²) in [6, 6.07) is 4.43. The topological polar surface area (TPSA) is 42.0 Å². The summed E-state index contributed by atoms with van der Waals surface area (Å²) in [6.45, 7) is 1.70. The van der Waals surface area contributed by atoms with E-state index in [4.69, 9.17) is 6.42 Å². The Morgan fingerprint density at radius 3 is 2.75 bits per heavy atom. The molecule has 1 atom stereocenters. The Morgan fingerprint density at radius 2 is 2.10 bits per heavy atom. The van der Waals surface area contributed by atoms with Crippen LogP contribution in [0.15, 0.2) is 35.4 Å². The van der Waals surface area contributed by atoms with Gasteiger partial charge in [-0.1, -0.05) is 5.92 Å². The largest absolute Gasteiger partial charge is 0.299 e. The lowest BCUT2D eigenvalue weighted by Crippen LogP contribution is -2.09. The van der Waals surface area contributed by atoms with Crippen LogP contribution in [0.1, 0.15) is 11.3 Å². The molecule has 20 heavy (non-hydrogen) atoms. The third kappa shape index (κ3) is 3.00. The van der Waals surface area contributed by atoms with E-state index in [1.54, 1.807) is 13.0 Å². The lowest BCUT2D eigenvalue weighted by Gasteiger charge is -2.09. The summed E-state index contributed by atoms with van der Waals surface area (Å²) < 4.78 is 41.0. The van der Waals surface area contributed by atoms with Crippen LogP contribution in [-0.4, -0.2) is 9.19 Å². The van der Waals surface area contributed by atoms with Crippen LogP contribution >= 0.6 is 0 Å². The first-order valence-corrected chi connectivity index (χ1v) is 6.73. The summed E-state index contributed by atoms with van der Waals surface area (Å²) in [5.74, 6) is 0.795. The molecular weight excluding hydrogens is 282 g/mol. The molecule has 3 nitrogen and oxygen atoms in total. The molecule has 0 saturated carbocycles. The molecule has 0 aliphatic carbocycles. The van der Waals surface area contributed by atoms with Crippen LogP contribution in [0, 0.1) is 30.9 Å². The molecule has 6 heteroatoms. The van der Waals surface area contributed by atoms with Gasteiger partial charge in [-0.05, 0) is 25.1 Å². The molecule has 0 amide bonds. The van der Waals surface area contributed by atoms with Crippen molar-refractivity contribution < 1.29 is 13.0 Å². The van der Waals surface area contributed by atoms with E-state index < -0.39 is 22.6 Å². The number of pyridine rings is 1. The predicted molar refractivity (Wildman–Crippen MR) is 73.3 cm³/mol. The van der Waals surface area contributed by atoms with Crippen molar-refractivity contribution in [1.82, 2.24) is 4.98 Å². The highest BCUT2D eigenvalue weighted by atomic mass is 32.2. The van der Waals surface area contributed by atoms with Crippen molar-refractivity contribution in [3.63, 3.8) is 0 Å². The Kier molecular flexibility index (Phi) is 4.11. The Bertz CT molecular complexity index is 726. The average molecular weight is 292 g/mol. The molecule has 1 aromatic carbocycles. The lowest BCUT2D eigenvalue weighted by molar-refractivity contribution is 0.562. The second-order valence-electron chi connectivity index (χ2n) is 3.95. The van der Waals surface area contributed by atoms with Crippen molar-refractivity contribution in [3.05, 3.63) is 53.4 Å². The summed E-state index contributed by atoms with van der Waals surface area (Å²) in [6.07, 6.45) is 6.76. The molecule has 1 aromatic heterocycles. The number of rotatable bonds is 3. The van der Waals surface area contributed by atoms with Crippen LogP contribution in [0.2, 0.25) is 0 Å². The number of nitrogens with one attached hydrogen (secondary N) is 1. The Balaban J connectivity index is 2.30. The van der Waals surface area contributed by atoms with Crippen molar-refractivity contribution in [2.24, 2.45) is 0 Å². The monoisotopic (exact) mass is 292 g/mol. The zero-order valence-electron chi connectivity index (χ0n) is 10.5. The van der Waals surface area contributed by atoms with Crippen molar-refractivity contribution in [1.29, 1.82) is 0 Å². The van der Waals surface area contributed by atoms with E-state index in [9.17, 15) is 13.0 Å². The first-order valence-electron chi connectivity index (χ1n) is 5.58. The molecule has 1 unspecified atom stereocenters. The maximum Gasteiger partial charge on any atom is 0.153 e. The molecule has 0 aliphatic heterocycles. The fourth-order valence-corrected chi connectivity index (χ4v) is 2.44. The predicted octanol–water partition coefficient (Wildman–Crippen LogP) is 2.78. The third-order valence-electron chi connectivity index (χ3n) is 2.55. The summed E-state index contributed by atoms with van der Waals surface area (Å²) in [4.78, 5) is 3.90. The van der Waals surface area contributed by atoms with Crippen molar-refractivity contribution >= 4 is 16.7 Å². The standard InChI is InChI=1S/C14H10F2N2OS/c1-3-10-6-13(9(2)17-8-10)18-20(19)14-5-4-11(15)7-12(14)16/h1,4-8,18H,2H3. The summed E-state index contributed by atoms with van der Waals surface area (Å²) in [5.41, 5.74) is 1.51. The van der Waals surface area contributed by atoms with Gasteiger partial charge in [-0.15, -0.1) is 6.42 Å². The normalized spacial score (nSPS) is 11.7. The van der Waals surface area contributed by atoms with Gasteiger partial charge in [0.05, 0.1) is 16.3 Å². The second kappa shape index (κ2) is 5.80. The van der Waals surface area contributed by atoms with Crippen LogP contribution in [0.25, 0.3) is 0 Å². The Morgan fingerprint density at radius 1 is 1.35 bits per heavy atom. The molecule has 0 aliphatic rings. The van der Waals surface area contributed by atoms with E-state index in [0.29, 0.717) is 23.0 Å². The van der Waals surface area contributed by atoms with Crippen LogP contribution in [0.5, 0.6) is 0 Å². The number of nitrogens with zero attached hydrogens (tertiary/aromatic N) is 1. The van der Waals surface area contributed by atoms with Gasteiger partial charge < -0.3 is 0 Å². The molecular formula is C14H10F2N2OS. The number of aromatic nitrogens is 1. The number of halogens is 2. The minimum atomic E-state index is -1.88. The highest BCUT2D eigenvalue weighted by molar-refractivity contribution is 7.86. The molecule has 2 aromatic rings. The summed E-state index contributed by atoms with van der Waals surface area (Å²) in [5, 5.41) is 0. The van der Waals surface area contributed by atoms with Gasteiger partial charge in [0.15, 0.2) is 11.0 Å². The average Bonchev–Trinajstić information content (AvgIpc) is 2.41. The Hall–Kier alpha value is -2.26. The SMILES string of the molecule is C#Cc1cnc(C)c(NS(=O)c2ccc(F)cc2F)c1. The first kappa shape index (κ1) is 14.2. The van der Waals surface area contributed by atoms with E-state index in [0.717, 1.165) is 12.1 Å². The van der Waals surface area contributed by atoms with E-state index in [1.807, 2.05) is 0 Å². The molecule has 2 rings (SSSR count). The number of anilines is 1. The van der Waals surface area contributed by atoms with Gasteiger partial charge in [0.25, 0.3) is 0 Å². The smallest absolute Gasteiger partial charge is 0.153 e. The van der Waals surface area contributed by atoms with Gasteiger partial charge in [0.1, 0.15) is 11.6 Å².